The Morgan fingerprint density at radius 3 is 2.33 bits per heavy atom. The highest BCUT2D eigenvalue weighted by molar-refractivity contribution is 6.76. The maximum absolute atomic E-state index is 11.1. The SMILES string of the molecule is O=C(NCNc1ccccc1)C(Cl)(Cl)Cl. The molecule has 15 heavy (non-hydrogen) atoms. The molecule has 0 fully saturated rings. The molecule has 1 amide bonds. The fourth-order valence-corrected chi connectivity index (χ4v) is 1.08. The molecule has 0 aliphatic heterocycles. The predicted molar refractivity (Wildman–Crippen MR) is 63.4 cm³/mol. The largest absolute Gasteiger partial charge is 0.368 e. The molecule has 3 nitrogen and oxygen atoms in total. The number of alkyl halides is 3. The van der Waals surface area contributed by atoms with E-state index in [1.54, 1.807) is 0 Å². The van der Waals surface area contributed by atoms with Gasteiger partial charge in [-0.1, -0.05) is 53.0 Å². The molecule has 0 atom stereocenters. The lowest BCUT2D eigenvalue weighted by Gasteiger charge is -2.12. The topological polar surface area (TPSA) is 41.1 Å². The second kappa shape index (κ2) is 5.45. The summed E-state index contributed by atoms with van der Waals surface area (Å²) in [4.78, 5) is 11.1. The van der Waals surface area contributed by atoms with E-state index >= 15 is 0 Å². The molecule has 0 radical (unpaired) electrons. The third-order valence-corrected chi connectivity index (χ3v) is 2.09. The molecule has 0 unspecified atom stereocenters. The molecule has 1 rings (SSSR count). The first kappa shape index (κ1) is 12.4. The zero-order valence-electron chi connectivity index (χ0n) is 7.64. The monoisotopic (exact) mass is 266 g/mol. The number of nitrogens with one attached hydrogen (secondary N) is 2. The Labute approximate surface area is 103 Å². The average molecular weight is 268 g/mol. The fourth-order valence-electron chi connectivity index (χ4n) is 0.883. The summed E-state index contributed by atoms with van der Waals surface area (Å²) in [5, 5.41) is 5.36. The number of halogens is 3. The van der Waals surface area contributed by atoms with E-state index < -0.39 is 9.70 Å². The Hall–Kier alpha value is -0.640. The number of carbonyl (C=O) groups excluding carboxylic acids is 1. The lowest BCUT2D eigenvalue weighted by atomic mass is 10.3. The number of amides is 1. The van der Waals surface area contributed by atoms with Gasteiger partial charge in [-0.3, -0.25) is 4.79 Å². The van der Waals surface area contributed by atoms with Crippen molar-refractivity contribution in [3.05, 3.63) is 30.3 Å². The molecule has 2 N–H and O–H groups in total. The van der Waals surface area contributed by atoms with Crippen LogP contribution in [0.3, 0.4) is 0 Å². The standard InChI is InChI=1S/C9H9Cl3N2O/c10-9(11,12)8(15)14-6-13-7-4-2-1-3-5-7/h1-5,13H,6H2,(H,14,15). The summed E-state index contributed by atoms with van der Waals surface area (Å²) >= 11 is 16.1. The van der Waals surface area contributed by atoms with Crippen LogP contribution < -0.4 is 10.6 Å². The van der Waals surface area contributed by atoms with Gasteiger partial charge in [0.2, 0.25) is 0 Å². The van der Waals surface area contributed by atoms with Gasteiger partial charge in [0.25, 0.3) is 9.70 Å². The van der Waals surface area contributed by atoms with Crippen LogP contribution in [0, 0.1) is 0 Å². The fraction of sp³-hybridized carbons (Fsp3) is 0.222. The minimum atomic E-state index is -1.92. The molecule has 0 aliphatic carbocycles. The van der Waals surface area contributed by atoms with Crippen LogP contribution in [0.5, 0.6) is 0 Å². The number of anilines is 1. The highest BCUT2D eigenvalue weighted by Gasteiger charge is 2.29. The molecule has 82 valence electrons. The van der Waals surface area contributed by atoms with E-state index in [2.05, 4.69) is 10.6 Å². The Kier molecular flexibility index (Phi) is 4.51. The first-order valence-electron chi connectivity index (χ1n) is 4.14. The van der Waals surface area contributed by atoms with Gasteiger partial charge in [0.05, 0.1) is 6.67 Å². The number of hydrogen-bond donors (Lipinski definition) is 2. The first-order chi connectivity index (χ1) is 7.00. The van der Waals surface area contributed by atoms with Gasteiger partial charge in [-0.05, 0) is 12.1 Å². The van der Waals surface area contributed by atoms with Gasteiger partial charge in [-0.15, -0.1) is 0 Å². The molecule has 0 saturated carbocycles. The van der Waals surface area contributed by atoms with Crippen molar-refractivity contribution in [1.82, 2.24) is 5.32 Å². The average Bonchev–Trinajstić information content (AvgIpc) is 2.18. The van der Waals surface area contributed by atoms with Crippen LogP contribution in [-0.2, 0) is 4.79 Å². The van der Waals surface area contributed by atoms with Crippen molar-refractivity contribution in [3.63, 3.8) is 0 Å². The molecule has 0 saturated heterocycles. The van der Waals surface area contributed by atoms with Gasteiger partial charge >= 0.3 is 0 Å². The Bertz CT molecular complexity index is 324. The van der Waals surface area contributed by atoms with Crippen molar-refractivity contribution in [2.75, 3.05) is 12.0 Å². The van der Waals surface area contributed by atoms with E-state index in [4.69, 9.17) is 34.8 Å². The summed E-state index contributed by atoms with van der Waals surface area (Å²) in [6.07, 6.45) is 0. The molecule has 0 aliphatic rings. The third kappa shape index (κ3) is 4.60. The summed E-state index contributed by atoms with van der Waals surface area (Å²) in [6.45, 7) is 0.205. The van der Waals surface area contributed by atoms with Crippen molar-refractivity contribution in [2.24, 2.45) is 0 Å². The third-order valence-electron chi connectivity index (χ3n) is 1.57. The highest BCUT2D eigenvalue weighted by Crippen LogP contribution is 2.25. The summed E-state index contributed by atoms with van der Waals surface area (Å²) in [6, 6.07) is 9.37. The Morgan fingerprint density at radius 2 is 1.80 bits per heavy atom. The zero-order valence-corrected chi connectivity index (χ0v) is 9.90. The lowest BCUT2D eigenvalue weighted by Crippen LogP contribution is -2.37. The van der Waals surface area contributed by atoms with Gasteiger partial charge < -0.3 is 10.6 Å². The minimum absolute atomic E-state index is 0.205. The van der Waals surface area contributed by atoms with Gasteiger partial charge in [-0.2, -0.15) is 0 Å². The quantitative estimate of drug-likeness (QED) is 0.653. The summed E-state index contributed by atoms with van der Waals surface area (Å²) in [7, 11) is 0. The molecule has 0 bridgehead atoms. The van der Waals surface area contributed by atoms with Crippen LogP contribution >= 0.6 is 34.8 Å². The lowest BCUT2D eigenvalue weighted by molar-refractivity contribution is -0.120. The molecule has 1 aromatic rings. The van der Waals surface area contributed by atoms with Crippen molar-refractivity contribution >= 4 is 46.4 Å². The second-order valence-electron chi connectivity index (χ2n) is 2.72. The second-order valence-corrected chi connectivity index (χ2v) is 5.00. The van der Waals surface area contributed by atoms with Crippen LogP contribution in [0.15, 0.2) is 30.3 Å². The summed E-state index contributed by atoms with van der Waals surface area (Å²) in [5.41, 5.74) is 0.877. The molecule has 0 aromatic heterocycles. The van der Waals surface area contributed by atoms with E-state index in [0.29, 0.717) is 0 Å². The number of hydrogen-bond acceptors (Lipinski definition) is 2. The molecule has 6 heteroatoms. The van der Waals surface area contributed by atoms with Crippen molar-refractivity contribution in [3.8, 4) is 0 Å². The first-order valence-corrected chi connectivity index (χ1v) is 5.27. The Balaban J connectivity index is 2.32. The summed E-state index contributed by atoms with van der Waals surface area (Å²) < 4.78 is -1.92. The number of rotatable bonds is 3. The minimum Gasteiger partial charge on any atom is -0.368 e. The molecule has 1 aromatic carbocycles. The highest BCUT2D eigenvalue weighted by atomic mass is 35.6. The summed E-state index contributed by atoms with van der Waals surface area (Å²) in [5.74, 6) is -0.657. The van der Waals surface area contributed by atoms with Gasteiger partial charge in [0, 0.05) is 5.69 Å². The van der Waals surface area contributed by atoms with Crippen LogP contribution in [0.25, 0.3) is 0 Å². The molecule has 0 spiro atoms. The normalized spacial score (nSPS) is 10.9. The Morgan fingerprint density at radius 1 is 1.20 bits per heavy atom. The predicted octanol–water partition coefficient (Wildman–Crippen LogP) is 2.54. The maximum atomic E-state index is 11.1. The molecular weight excluding hydrogens is 258 g/mol. The van der Waals surface area contributed by atoms with Crippen molar-refractivity contribution in [2.45, 2.75) is 3.79 Å². The smallest absolute Gasteiger partial charge is 0.273 e. The van der Waals surface area contributed by atoms with Gasteiger partial charge in [0.15, 0.2) is 0 Å². The van der Waals surface area contributed by atoms with Crippen LogP contribution in [0.2, 0.25) is 0 Å². The zero-order chi connectivity index (χ0) is 11.3. The van der Waals surface area contributed by atoms with Crippen molar-refractivity contribution in [1.29, 1.82) is 0 Å². The van der Waals surface area contributed by atoms with E-state index in [9.17, 15) is 4.79 Å². The van der Waals surface area contributed by atoms with E-state index in [1.807, 2.05) is 30.3 Å². The van der Waals surface area contributed by atoms with Crippen LogP contribution in [-0.4, -0.2) is 16.4 Å². The van der Waals surface area contributed by atoms with Gasteiger partial charge in [0.1, 0.15) is 0 Å². The molecular formula is C9H9Cl3N2O. The number of carbonyl (C=O) groups is 1. The van der Waals surface area contributed by atoms with Crippen molar-refractivity contribution < 1.29 is 4.79 Å². The van der Waals surface area contributed by atoms with E-state index in [-0.39, 0.29) is 6.67 Å². The van der Waals surface area contributed by atoms with Gasteiger partial charge in [-0.25, -0.2) is 0 Å². The van der Waals surface area contributed by atoms with E-state index in [0.717, 1.165) is 5.69 Å². The maximum Gasteiger partial charge on any atom is 0.273 e. The van der Waals surface area contributed by atoms with Crippen LogP contribution in [0.1, 0.15) is 0 Å². The van der Waals surface area contributed by atoms with Crippen LogP contribution in [0.4, 0.5) is 5.69 Å². The molecule has 0 heterocycles. The number of benzene rings is 1. The van der Waals surface area contributed by atoms with E-state index in [1.165, 1.54) is 0 Å². The number of para-hydroxylation sites is 1.